The van der Waals surface area contributed by atoms with E-state index in [4.69, 9.17) is 9.47 Å². The summed E-state index contributed by atoms with van der Waals surface area (Å²) in [5.41, 5.74) is 0.511. The van der Waals surface area contributed by atoms with Crippen LogP contribution in [0.15, 0.2) is 18.3 Å². The second-order valence-electron chi connectivity index (χ2n) is 7.96. The van der Waals surface area contributed by atoms with Gasteiger partial charge in [0, 0.05) is 31.8 Å². The largest absolute Gasteiger partial charge is 0.493 e. The molecule has 2 atom stereocenters. The summed E-state index contributed by atoms with van der Waals surface area (Å²) in [6.07, 6.45) is 0.552. The summed E-state index contributed by atoms with van der Waals surface area (Å²) in [7, 11) is 1.54. The summed E-state index contributed by atoms with van der Waals surface area (Å²) < 4.78 is 55.9. The van der Waals surface area contributed by atoms with Crippen LogP contribution in [0.3, 0.4) is 0 Å². The van der Waals surface area contributed by atoms with Crippen LogP contribution in [0.25, 0.3) is 17.0 Å². The van der Waals surface area contributed by atoms with Crippen molar-refractivity contribution in [2.24, 2.45) is 0 Å². The van der Waals surface area contributed by atoms with Gasteiger partial charge in [-0.2, -0.15) is 0 Å². The molecule has 0 aromatic carbocycles. The molecule has 9 nitrogen and oxygen atoms in total. The molecule has 3 aromatic heterocycles. The Morgan fingerprint density at radius 3 is 2.79 bits per heavy atom. The van der Waals surface area contributed by atoms with Gasteiger partial charge in [-0.15, -0.1) is 5.10 Å². The molecule has 2 saturated heterocycles. The Morgan fingerprint density at radius 1 is 1.21 bits per heavy atom. The van der Waals surface area contributed by atoms with Gasteiger partial charge in [0.2, 0.25) is 0 Å². The quantitative estimate of drug-likeness (QED) is 0.594. The number of rotatable bonds is 5. The lowest BCUT2D eigenvalue weighted by atomic mass is 10.1. The van der Waals surface area contributed by atoms with Crippen molar-refractivity contribution >= 4 is 17.3 Å². The van der Waals surface area contributed by atoms with E-state index in [1.165, 1.54) is 10.7 Å². The lowest BCUT2D eigenvalue weighted by Crippen LogP contribution is -2.46. The highest BCUT2D eigenvalue weighted by atomic mass is 19.1. The minimum Gasteiger partial charge on any atom is -0.493 e. The summed E-state index contributed by atoms with van der Waals surface area (Å²) >= 11 is 0. The zero-order valence-corrected chi connectivity index (χ0v) is 18.0. The van der Waals surface area contributed by atoms with E-state index in [-0.39, 0.29) is 17.2 Å². The predicted octanol–water partition coefficient (Wildman–Crippen LogP) is 2.03. The predicted molar refractivity (Wildman–Crippen MR) is 116 cm³/mol. The van der Waals surface area contributed by atoms with E-state index in [1.54, 1.807) is 13.2 Å². The van der Waals surface area contributed by atoms with Crippen molar-refractivity contribution in [3.63, 3.8) is 0 Å². The number of fused-ring (bicyclic) bond motifs is 1. The first-order chi connectivity index (χ1) is 16.0. The Kier molecular flexibility index (Phi) is 5.94. The average molecular weight is 463 g/mol. The lowest BCUT2D eigenvalue weighted by Gasteiger charge is -2.28. The average Bonchev–Trinajstić information content (AvgIpc) is 3.24. The van der Waals surface area contributed by atoms with Crippen molar-refractivity contribution in [3.8, 4) is 17.1 Å². The summed E-state index contributed by atoms with van der Waals surface area (Å²) in [6.45, 7) is 3.20. The maximum Gasteiger partial charge on any atom is 0.192 e. The number of pyridine rings is 1. The first-order valence-corrected chi connectivity index (χ1v) is 10.8. The number of piperidine rings is 1. The van der Waals surface area contributed by atoms with Gasteiger partial charge < -0.3 is 25.0 Å². The molecule has 12 heteroatoms. The third kappa shape index (κ3) is 4.15. The number of hydrogen-bond donors (Lipinski definition) is 2. The number of alkyl halides is 1. The fourth-order valence-corrected chi connectivity index (χ4v) is 4.09. The van der Waals surface area contributed by atoms with Crippen LogP contribution in [-0.2, 0) is 4.74 Å². The Labute approximate surface area is 187 Å². The maximum absolute atomic E-state index is 14.8. The normalized spacial score (nSPS) is 21.4. The van der Waals surface area contributed by atoms with Gasteiger partial charge in [0.05, 0.1) is 32.6 Å². The van der Waals surface area contributed by atoms with Crippen LogP contribution < -0.4 is 20.3 Å². The van der Waals surface area contributed by atoms with Crippen molar-refractivity contribution in [1.29, 1.82) is 0 Å². The number of imidazole rings is 1. The number of methoxy groups -OCH3 is 1. The van der Waals surface area contributed by atoms with E-state index < -0.39 is 23.8 Å². The number of aromatic nitrogens is 4. The summed E-state index contributed by atoms with van der Waals surface area (Å²) in [5.74, 6) is -0.910. The first kappa shape index (κ1) is 21.7. The Morgan fingerprint density at radius 2 is 2.03 bits per heavy atom. The van der Waals surface area contributed by atoms with Crippen molar-refractivity contribution < 1.29 is 22.6 Å². The fourth-order valence-electron chi connectivity index (χ4n) is 4.09. The Balaban J connectivity index is 1.55. The molecule has 176 valence electrons. The maximum atomic E-state index is 14.8. The number of morpholine rings is 1. The van der Waals surface area contributed by atoms with Crippen molar-refractivity contribution in [2.45, 2.75) is 18.6 Å². The number of anilines is 2. The van der Waals surface area contributed by atoms with E-state index >= 15 is 0 Å². The molecule has 5 rings (SSSR count). The van der Waals surface area contributed by atoms with Gasteiger partial charge in [-0.1, -0.05) is 0 Å². The molecule has 0 saturated carbocycles. The molecule has 2 aliphatic rings. The van der Waals surface area contributed by atoms with Crippen molar-refractivity contribution in [1.82, 2.24) is 24.9 Å². The van der Waals surface area contributed by atoms with Crippen LogP contribution in [0.1, 0.15) is 6.42 Å². The highest BCUT2D eigenvalue weighted by Gasteiger charge is 2.27. The number of ether oxygens (including phenoxy) is 2. The molecule has 2 N–H and O–H groups in total. The zero-order valence-electron chi connectivity index (χ0n) is 18.0. The number of nitrogens with one attached hydrogen (secondary N) is 2. The Hall–Kier alpha value is -3.12. The van der Waals surface area contributed by atoms with E-state index in [0.29, 0.717) is 63.0 Å². The number of halogens is 3. The SMILES string of the molecule is COc1cc2ncc(-c3nc(N[C@H]4CNCC[C@@H]4F)c(F)cc3F)n2nc1N1CCOCC1. The highest BCUT2D eigenvalue weighted by Crippen LogP contribution is 2.31. The lowest BCUT2D eigenvalue weighted by molar-refractivity contribution is 0.122. The van der Waals surface area contributed by atoms with Crippen LogP contribution in [0.4, 0.5) is 24.8 Å². The number of hydrogen-bond acceptors (Lipinski definition) is 8. The van der Waals surface area contributed by atoms with E-state index in [2.05, 4.69) is 25.7 Å². The standard InChI is InChI=1S/C21H24F3N7O2/c1-32-17-9-18-26-11-16(31(18)29-21(17)30-4-6-33-7-5-30)19-13(23)8-14(24)20(28-19)27-15-10-25-3-2-12(15)22/h8-9,11-12,15,25H,2-7,10H2,1H3,(H,27,28)/t12-,15-/m0/s1. The van der Waals surface area contributed by atoms with Gasteiger partial charge in [0.15, 0.2) is 34.7 Å². The van der Waals surface area contributed by atoms with Crippen LogP contribution in [0.5, 0.6) is 5.75 Å². The molecule has 2 fully saturated rings. The highest BCUT2D eigenvalue weighted by molar-refractivity contribution is 5.66. The topological polar surface area (TPSA) is 88.8 Å². The zero-order chi connectivity index (χ0) is 22.9. The van der Waals surface area contributed by atoms with Gasteiger partial charge in [0.25, 0.3) is 0 Å². The number of nitrogens with zero attached hydrogens (tertiary/aromatic N) is 5. The van der Waals surface area contributed by atoms with E-state index in [9.17, 15) is 13.2 Å². The summed E-state index contributed by atoms with van der Waals surface area (Å²) in [5, 5.41) is 10.5. The summed E-state index contributed by atoms with van der Waals surface area (Å²) in [4.78, 5) is 10.5. The molecule has 0 spiro atoms. The van der Waals surface area contributed by atoms with Gasteiger partial charge >= 0.3 is 0 Å². The molecule has 0 radical (unpaired) electrons. The molecule has 3 aromatic rings. The van der Waals surface area contributed by atoms with Crippen LogP contribution in [0, 0.1) is 11.6 Å². The molecule has 0 amide bonds. The Bertz CT molecular complexity index is 1150. The minimum absolute atomic E-state index is 0.142. The molecule has 33 heavy (non-hydrogen) atoms. The van der Waals surface area contributed by atoms with E-state index in [1.807, 2.05) is 4.90 Å². The van der Waals surface area contributed by atoms with Gasteiger partial charge in [0.1, 0.15) is 17.6 Å². The van der Waals surface area contributed by atoms with Crippen LogP contribution in [0.2, 0.25) is 0 Å². The molecule has 0 aliphatic carbocycles. The molecule has 0 bridgehead atoms. The second-order valence-corrected chi connectivity index (χ2v) is 7.96. The molecule has 5 heterocycles. The van der Waals surface area contributed by atoms with E-state index in [0.717, 1.165) is 6.07 Å². The van der Waals surface area contributed by atoms with Crippen LogP contribution in [-0.4, -0.2) is 78.3 Å². The second kappa shape index (κ2) is 9.02. The molecular formula is C21H24F3N7O2. The molecule has 0 unspecified atom stereocenters. The third-order valence-corrected chi connectivity index (χ3v) is 5.86. The fraction of sp³-hybridized carbons (Fsp3) is 0.476. The first-order valence-electron chi connectivity index (χ1n) is 10.8. The monoisotopic (exact) mass is 463 g/mol. The molecule has 2 aliphatic heterocycles. The third-order valence-electron chi connectivity index (χ3n) is 5.86. The van der Waals surface area contributed by atoms with Gasteiger partial charge in [-0.25, -0.2) is 27.7 Å². The van der Waals surface area contributed by atoms with Gasteiger partial charge in [-0.05, 0) is 13.0 Å². The van der Waals surface area contributed by atoms with Crippen molar-refractivity contribution in [3.05, 3.63) is 30.0 Å². The smallest absolute Gasteiger partial charge is 0.192 e. The van der Waals surface area contributed by atoms with Gasteiger partial charge in [-0.3, -0.25) is 0 Å². The van der Waals surface area contributed by atoms with Crippen molar-refractivity contribution in [2.75, 3.05) is 56.7 Å². The summed E-state index contributed by atoms with van der Waals surface area (Å²) in [6, 6.07) is 1.76. The minimum atomic E-state index is -1.16. The van der Waals surface area contributed by atoms with Crippen LogP contribution >= 0.6 is 0 Å². The molecular weight excluding hydrogens is 439 g/mol.